The number of thiazole rings is 1. The van der Waals surface area contributed by atoms with Crippen LogP contribution in [0.5, 0.6) is 0 Å². The lowest BCUT2D eigenvalue weighted by atomic mass is 10.2. The van der Waals surface area contributed by atoms with Gasteiger partial charge in [-0.3, -0.25) is 10.1 Å². The molecule has 33 heavy (non-hydrogen) atoms. The lowest BCUT2D eigenvalue weighted by Crippen LogP contribution is -2.19. The fourth-order valence-electron chi connectivity index (χ4n) is 2.83. The standard InChI is InChI=1S/C24H26N4O4S/c1-4-5-14-32-22(30)17-8-12-18(13-9-17)26-21(29)20-16(3)25-24(33-20)28-23(31)27-19-10-6-15(2)7-11-19/h6-13H,4-5,14H2,1-3H3,(H,26,29)(H2,25,27,28,31). The van der Waals surface area contributed by atoms with Crippen LogP contribution in [0.1, 0.15) is 51.1 Å². The summed E-state index contributed by atoms with van der Waals surface area (Å²) < 4.78 is 5.18. The van der Waals surface area contributed by atoms with Crippen LogP contribution in [0.2, 0.25) is 0 Å². The SMILES string of the molecule is CCCCOC(=O)c1ccc(NC(=O)c2sc(NC(=O)Nc3ccc(C)cc3)nc2C)cc1. The van der Waals surface area contributed by atoms with Crippen molar-refractivity contribution in [3.63, 3.8) is 0 Å². The number of unbranched alkanes of at least 4 members (excludes halogenated alkanes) is 1. The van der Waals surface area contributed by atoms with E-state index in [1.54, 1.807) is 43.3 Å². The van der Waals surface area contributed by atoms with E-state index >= 15 is 0 Å². The molecule has 1 aromatic heterocycles. The van der Waals surface area contributed by atoms with Crippen LogP contribution in [0.15, 0.2) is 48.5 Å². The predicted molar refractivity (Wildman–Crippen MR) is 130 cm³/mol. The summed E-state index contributed by atoms with van der Waals surface area (Å²) in [6, 6.07) is 13.4. The molecule has 0 bridgehead atoms. The quantitative estimate of drug-likeness (QED) is 0.295. The van der Waals surface area contributed by atoms with Gasteiger partial charge in [0.2, 0.25) is 0 Å². The Balaban J connectivity index is 1.57. The number of hydrogen-bond donors (Lipinski definition) is 3. The van der Waals surface area contributed by atoms with Crippen LogP contribution in [0.3, 0.4) is 0 Å². The van der Waals surface area contributed by atoms with E-state index in [4.69, 9.17) is 4.74 Å². The summed E-state index contributed by atoms with van der Waals surface area (Å²) in [6.45, 7) is 6.07. The van der Waals surface area contributed by atoms with Gasteiger partial charge in [0.15, 0.2) is 5.13 Å². The lowest BCUT2D eigenvalue weighted by Gasteiger charge is -2.06. The number of nitrogens with zero attached hydrogens (tertiary/aromatic N) is 1. The Morgan fingerprint density at radius 1 is 0.909 bits per heavy atom. The van der Waals surface area contributed by atoms with Crippen molar-refractivity contribution in [3.8, 4) is 0 Å². The molecular formula is C24H26N4O4S. The number of nitrogens with one attached hydrogen (secondary N) is 3. The predicted octanol–water partition coefficient (Wildman–Crippen LogP) is 5.61. The van der Waals surface area contributed by atoms with Gasteiger partial charge in [-0.2, -0.15) is 0 Å². The molecule has 3 N–H and O–H groups in total. The molecule has 0 fully saturated rings. The first kappa shape index (κ1) is 23.9. The summed E-state index contributed by atoms with van der Waals surface area (Å²) in [7, 11) is 0. The van der Waals surface area contributed by atoms with Gasteiger partial charge in [-0.1, -0.05) is 42.4 Å². The van der Waals surface area contributed by atoms with E-state index in [1.165, 1.54) is 0 Å². The molecular weight excluding hydrogens is 440 g/mol. The average molecular weight is 467 g/mol. The van der Waals surface area contributed by atoms with E-state index in [2.05, 4.69) is 20.9 Å². The number of carbonyl (C=O) groups excluding carboxylic acids is 3. The van der Waals surface area contributed by atoms with Gasteiger partial charge in [-0.15, -0.1) is 0 Å². The highest BCUT2D eigenvalue weighted by Crippen LogP contribution is 2.24. The summed E-state index contributed by atoms with van der Waals surface area (Å²) in [6.07, 6.45) is 1.77. The minimum absolute atomic E-state index is 0.312. The second-order valence-electron chi connectivity index (χ2n) is 7.40. The number of amides is 3. The molecule has 3 amide bonds. The second-order valence-corrected chi connectivity index (χ2v) is 8.40. The number of aromatic nitrogens is 1. The molecule has 0 aliphatic carbocycles. The van der Waals surface area contributed by atoms with E-state index in [-0.39, 0.29) is 11.9 Å². The zero-order chi connectivity index (χ0) is 23.8. The van der Waals surface area contributed by atoms with Gasteiger partial charge < -0.3 is 15.4 Å². The normalized spacial score (nSPS) is 10.4. The highest BCUT2D eigenvalue weighted by atomic mass is 32.1. The summed E-state index contributed by atoms with van der Waals surface area (Å²) in [5, 5.41) is 8.47. The monoisotopic (exact) mass is 466 g/mol. The molecule has 2 aromatic carbocycles. The van der Waals surface area contributed by atoms with Crippen LogP contribution in [-0.2, 0) is 4.74 Å². The smallest absolute Gasteiger partial charge is 0.338 e. The van der Waals surface area contributed by atoms with E-state index in [0.717, 1.165) is 29.7 Å². The third-order valence-electron chi connectivity index (χ3n) is 4.64. The molecule has 0 aliphatic rings. The number of urea groups is 1. The summed E-state index contributed by atoms with van der Waals surface area (Å²) in [4.78, 5) is 41.5. The van der Waals surface area contributed by atoms with E-state index in [9.17, 15) is 14.4 Å². The van der Waals surface area contributed by atoms with E-state index in [0.29, 0.717) is 39.2 Å². The van der Waals surface area contributed by atoms with Gasteiger partial charge >= 0.3 is 12.0 Å². The minimum atomic E-state index is -0.444. The second kappa shape index (κ2) is 11.2. The number of esters is 1. The van der Waals surface area contributed by atoms with Gasteiger partial charge in [0, 0.05) is 11.4 Å². The number of aryl methyl sites for hydroxylation is 2. The highest BCUT2D eigenvalue weighted by molar-refractivity contribution is 7.17. The van der Waals surface area contributed by atoms with Crippen LogP contribution in [0, 0.1) is 13.8 Å². The molecule has 1 heterocycles. The van der Waals surface area contributed by atoms with Crippen molar-refractivity contribution in [1.82, 2.24) is 4.98 Å². The first-order valence-electron chi connectivity index (χ1n) is 10.6. The molecule has 172 valence electrons. The molecule has 3 rings (SSSR count). The fraction of sp³-hybridized carbons (Fsp3) is 0.250. The van der Waals surface area contributed by atoms with Crippen LogP contribution >= 0.6 is 11.3 Å². The van der Waals surface area contributed by atoms with Gasteiger partial charge in [0.1, 0.15) is 4.88 Å². The maximum Gasteiger partial charge on any atom is 0.338 e. The number of ether oxygens (including phenoxy) is 1. The van der Waals surface area contributed by atoms with Crippen molar-refractivity contribution >= 4 is 45.8 Å². The Hall–Kier alpha value is -3.72. The molecule has 0 radical (unpaired) electrons. The molecule has 0 spiro atoms. The maximum absolute atomic E-state index is 12.7. The van der Waals surface area contributed by atoms with E-state index in [1.807, 2.05) is 26.0 Å². The molecule has 0 aliphatic heterocycles. The molecule has 8 nitrogen and oxygen atoms in total. The Morgan fingerprint density at radius 3 is 2.21 bits per heavy atom. The Kier molecular flexibility index (Phi) is 8.15. The Bertz CT molecular complexity index is 1120. The summed E-state index contributed by atoms with van der Waals surface area (Å²) in [5.41, 5.74) is 3.20. The fourth-order valence-corrected chi connectivity index (χ4v) is 3.68. The van der Waals surface area contributed by atoms with Gasteiger partial charge in [-0.25, -0.2) is 14.6 Å². The third-order valence-corrected chi connectivity index (χ3v) is 5.71. The zero-order valence-electron chi connectivity index (χ0n) is 18.7. The van der Waals surface area contributed by atoms with Crippen molar-refractivity contribution in [1.29, 1.82) is 0 Å². The molecule has 9 heteroatoms. The topological polar surface area (TPSA) is 109 Å². The number of rotatable bonds is 8. The first-order chi connectivity index (χ1) is 15.9. The average Bonchev–Trinajstić information content (AvgIpc) is 3.15. The zero-order valence-corrected chi connectivity index (χ0v) is 19.5. The molecule has 0 saturated heterocycles. The minimum Gasteiger partial charge on any atom is -0.462 e. The van der Waals surface area contributed by atoms with Crippen LogP contribution in [-0.4, -0.2) is 29.5 Å². The number of anilines is 3. The first-order valence-corrected chi connectivity index (χ1v) is 11.4. The molecule has 0 unspecified atom stereocenters. The largest absolute Gasteiger partial charge is 0.462 e. The summed E-state index contributed by atoms with van der Waals surface area (Å²) >= 11 is 1.08. The van der Waals surface area contributed by atoms with Crippen molar-refractivity contribution in [2.45, 2.75) is 33.6 Å². The number of benzene rings is 2. The molecule has 0 atom stereocenters. The van der Waals surface area contributed by atoms with Crippen molar-refractivity contribution in [2.24, 2.45) is 0 Å². The van der Waals surface area contributed by atoms with Crippen molar-refractivity contribution in [3.05, 3.63) is 70.2 Å². The number of carbonyl (C=O) groups is 3. The Morgan fingerprint density at radius 2 is 1.55 bits per heavy atom. The summed E-state index contributed by atoms with van der Waals surface area (Å²) in [5.74, 6) is -0.741. The maximum atomic E-state index is 12.7. The van der Waals surface area contributed by atoms with Crippen LogP contribution < -0.4 is 16.0 Å². The van der Waals surface area contributed by atoms with Crippen LogP contribution in [0.4, 0.5) is 21.3 Å². The lowest BCUT2D eigenvalue weighted by molar-refractivity contribution is 0.0499. The Labute approximate surface area is 196 Å². The van der Waals surface area contributed by atoms with E-state index < -0.39 is 6.03 Å². The molecule has 3 aromatic rings. The third kappa shape index (κ3) is 6.88. The van der Waals surface area contributed by atoms with Gasteiger partial charge in [0.25, 0.3) is 5.91 Å². The van der Waals surface area contributed by atoms with Crippen molar-refractivity contribution < 1.29 is 19.1 Å². The number of hydrogen-bond acceptors (Lipinski definition) is 6. The van der Waals surface area contributed by atoms with Gasteiger partial charge in [-0.05, 0) is 56.7 Å². The van der Waals surface area contributed by atoms with Crippen molar-refractivity contribution in [2.75, 3.05) is 22.6 Å². The highest BCUT2D eigenvalue weighted by Gasteiger charge is 2.17. The van der Waals surface area contributed by atoms with Gasteiger partial charge in [0.05, 0.1) is 17.9 Å². The van der Waals surface area contributed by atoms with Crippen LogP contribution in [0.25, 0.3) is 0 Å². The molecule has 0 saturated carbocycles.